The van der Waals surface area contributed by atoms with Gasteiger partial charge >= 0.3 is 0 Å². The van der Waals surface area contributed by atoms with Crippen LogP contribution >= 0.6 is 23.5 Å². The number of oxazole rings is 1. The van der Waals surface area contributed by atoms with Crippen molar-refractivity contribution in [1.82, 2.24) is 15.0 Å². The summed E-state index contributed by atoms with van der Waals surface area (Å²) in [7, 11) is 0. The molecule has 0 fully saturated rings. The van der Waals surface area contributed by atoms with Crippen LogP contribution in [0.4, 0.5) is 0 Å². The molecule has 4 aromatic rings. The summed E-state index contributed by atoms with van der Waals surface area (Å²) in [6, 6.07) is 19.9. The van der Waals surface area contributed by atoms with Crippen LogP contribution in [-0.4, -0.2) is 21.2 Å². The fourth-order valence-electron chi connectivity index (χ4n) is 2.25. The molecule has 0 unspecified atom stereocenters. The molecule has 118 valence electrons. The van der Waals surface area contributed by atoms with Crippen molar-refractivity contribution in [1.29, 1.82) is 0 Å². The first kappa shape index (κ1) is 15.2. The van der Waals surface area contributed by atoms with Gasteiger partial charge in [0.25, 0.3) is 0 Å². The van der Waals surface area contributed by atoms with Gasteiger partial charge < -0.3 is 4.42 Å². The molecule has 0 aliphatic carbocycles. The lowest BCUT2D eigenvalue weighted by Gasteiger charge is -2.02. The minimum Gasteiger partial charge on any atom is -0.431 e. The lowest BCUT2D eigenvalue weighted by atomic mass is 10.2. The van der Waals surface area contributed by atoms with E-state index in [4.69, 9.17) is 4.42 Å². The van der Waals surface area contributed by atoms with Crippen LogP contribution in [0.25, 0.3) is 22.7 Å². The molecule has 24 heavy (non-hydrogen) atoms. The first-order chi connectivity index (χ1) is 11.8. The fraction of sp³-hybridized carbons (Fsp3) is 0.0556. The summed E-state index contributed by atoms with van der Waals surface area (Å²) in [5.41, 5.74) is 2.14. The van der Waals surface area contributed by atoms with Crippen molar-refractivity contribution in [2.45, 2.75) is 15.1 Å². The van der Waals surface area contributed by atoms with E-state index in [1.165, 1.54) is 11.8 Å². The van der Waals surface area contributed by atoms with Gasteiger partial charge in [-0.15, -0.1) is 0 Å². The van der Waals surface area contributed by atoms with Gasteiger partial charge in [-0.3, -0.25) is 0 Å². The fourth-order valence-corrected chi connectivity index (χ4v) is 3.54. The molecule has 0 saturated carbocycles. The summed E-state index contributed by atoms with van der Waals surface area (Å²) >= 11 is 3.05. The molecule has 0 aliphatic rings. The molecule has 4 rings (SSSR count). The van der Waals surface area contributed by atoms with Crippen LogP contribution in [0, 0.1) is 0 Å². The Morgan fingerprint density at radius 3 is 2.25 bits per heavy atom. The summed E-state index contributed by atoms with van der Waals surface area (Å²) < 4.78 is 5.99. The van der Waals surface area contributed by atoms with Crippen LogP contribution in [0.5, 0.6) is 0 Å². The second-order valence-corrected chi connectivity index (χ2v) is 6.80. The van der Waals surface area contributed by atoms with E-state index in [1.807, 2.05) is 66.9 Å². The van der Waals surface area contributed by atoms with Gasteiger partial charge in [-0.05, 0) is 30.5 Å². The van der Waals surface area contributed by atoms with Crippen molar-refractivity contribution in [3.05, 3.63) is 60.7 Å². The first-order valence-corrected chi connectivity index (χ1v) is 9.38. The zero-order valence-corrected chi connectivity index (χ0v) is 14.5. The smallest absolute Gasteiger partial charge is 0.229 e. The number of hydrogen-bond acceptors (Lipinski definition) is 6. The van der Waals surface area contributed by atoms with Crippen LogP contribution in [-0.2, 0) is 0 Å². The normalized spacial score (nSPS) is 11.0. The van der Waals surface area contributed by atoms with E-state index in [9.17, 15) is 0 Å². The van der Waals surface area contributed by atoms with E-state index >= 15 is 0 Å². The Hall–Kier alpha value is -2.31. The maximum Gasteiger partial charge on any atom is 0.229 e. The highest BCUT2D eigenvalue weighted by Crippen LogP contribution is 2.34. The lowest BCUT2D eigenvalue weighted by molar-refractivity contribution is 0.606. The Balaban J connectivity index is 1.84. The van der Waals surface area contributed by atoms with Gasteiger partial charge in [0.2, 0.25) is 17.1 Å². The summed E-state index contributed by atoms with van der Waals surface area (Å²) in [4.78, 5) is 14.7. The molecule has 0 amide bonds. The third-order valence-electron chi connectivity index (χ3n) is 3.36. The molecule has 0 N–H and O–H groups in total. The number of thioether (sulfide) groups is 1. The van der Waals surface area contributed by atoms with E-state index in [-0.39, 0.29) is 0 Å². The van der Waals surface area contributed by atoms with Gasteiger partial charge in [-0.1, -0.05) is 59.9 Å². The molecular formula is C18H13N3OS2. The second kappa shape index (κ2) is 6.67. The second-order valence-electron chi connectivity index (χ2n) is 4.97. The molecule has 0 atom stereocenters. The number of benzene rings is 2. The van der Waals surface area contributed by atoms with Gasteiger partial charge in [-0.2, -0.15) is 9.97 Å². The SMILES string of the molecule is CSc1nc(Sc2ccccc2)c2oc(-c3ccccc3)nc2n1. The number of rotatable bonds is 4. The van der Waals surface area contributed by atoms with Crippen molar-refractivity contribution < 1.29 is 4.42 Å². The van der Waals surface area contributed by atoms with Gasteiger partial charge in [0.1, 0.15) is 0 Å². The molecule has 0 radical (unpaired) electrons. The maximum atomic E-state index is 5.99. The number of fused-ring (bicyclic) bond motifs is 1. The van der Waals surface area contributed by atoms with Gasteiger partial charge in [-0.25, -0.2) is 4.98 Å². The number of nitrogens with zero attached hydrogens (tertiary/aromatic N) is 3. The third kappa shape index (κ3) is 3.02. The molecule has 4 nitrogen and oxygen atoms in total. The van der Waals surface area contributed by atoms with Gasteiger partial charge in [0.15, 0.2) is 10.2 Å². The Morgan fingerprint density at radius 2 is 1.54 bits per heavy atom. The highest BCUT2D eigenvalue weighted by atomic mass is 32.2. The van der Waals surface area contributed by atoms with Crippen molar-refractivity contribution >= 4 is 34.8 Å². The van der Waals surface area contributed by atoms with Crippen LogP contribution < -0.4 is 0 Å². The van der Waals surface area contributed by atoms with E-state index in [0.717, 1.165) is 15.5 Å². The predicted octanol–water partition coefficient (Wildman–Crippen LogP) is 5.16. The van der Waals surface area contributed by atoms with Gasteiger partial charge in [0, 0.05) is 10.5 Å². The summed E-state index contributed by atoms with van der Waals surface area (Å²) in [5.74, 6) is 0.563. The van der Waals surface area contributed by atoms with Crippen LogP contribution in [0.15, 0.2) is 80.2 Å². The first-order valence-electron chi connectivity index (χ1n) is 7.34. The largest absolute Gasteiger partial charge is 0.431 e. The van der Waals surface area contributed by atoms with Crippen LogP contribution in [0.2, 0.25) is 0 Å². The molecule has 0 aliphatic heterocycles. The summed E-state index contributed by atoms with van der Waals surface area (Å²) in [6.45, 7) is 0. The van der Waals surface area contributed by atoms with Crippen molar-refractivity contribution in [2.24, 2.45) is 0 Å². The minimum atomic E-state index is 0.563. The Labute approximate surface area is 147 Å². The van der Waals surface area contributed by atoms with Crippen LogP contribution in [0.1, 0.15) is 0 Å². The molecule has 6 heteroatoms. The Bertz CT molecular complexity index is 972. The molecule has 0 bridgehead atoms. The molecular weight excluding hydrogens is 338 g/mol. The molecule has 2 aromatic carbocycles. The summed E-state index contributed by atoms with van der Waals surface area (Å²) in [6.07, 6.45) is 1.95. The average Bonchev–Trinajstić information content (AvgIpc) is 3.08. The van der Waals surface area contributed by atoms with Crippen molar-refractivity contribution in [2.75, 3.05) is 6.26 Å². The number of aromatic nitrogens is 3. The van der Waals surface area contributed by atoms with E-state index < -0.39 is 0 Å². The standard InChI is InChI=1S/C18H13N3OS2/c1-23-18-20-15-14(17(21-18)24-13-10-6-3-7-11-13)22-16(19-15)12-8-4-2-5-9-12/h2-11H,1H3. The molecule has 2 aromatic heterocycles. The Kier molecular flexibility index (Phi) is 4.23. The third-order valence-corrected chi connectivity index (χ3v) is 4.89. The van der Waals surface area contributed by atoms with Crippen molar-refractivity contribution in [3.8, 4) is 11.5 Å². The maximum absolute atomic E-state index is 5.99. The van der Waals surface area contributed by atoms with Gasteiger partial charge in [0.05, 0.1) is 0 Å². The quantitative estimate of drug-likeness (QED) is 0.288. The monoisotopic (exact) mass is 351 g/mol. The van der Waals surface area contributed by atoms with E-state index in [0.29, 0.717) is 22.3 Å². The Morgan fingerprint density at radius 1 is 0.833 bits per heavy atom. The highest BCUT2D eigenvalue weighted by molar-refractivity contribution is 7.99. The zero-order chi connectivity index (χ0) is 16.4. The molecule has 0 saturated heterocycles. The minimum absolute atomic E-state index is 0.563. The topological polar surface area (TPSA) is 51.8 Å². The van der Waals surface area contributed by atoms with Crippen molar-refractivity contribution in [3.63, 3.8) is 0 Å². The van der Waals surface area contributed by atoms with Crippen LogP contribution in [0.3, 0.4) is 0 Å². The molecule has 0 spiro atoms. The number of hydrogen-bond donors (Lipinski definition) is 0. The van der Waals surface area contributed by atoms with E-state index in [2.05, 4.69) is 15.0 Å². The zero-order valence-electron chi connectivity index (χ0n) is 12.8. The summed E-state index contributed by atoms with van der Waals surface area (Å²) in [5, 5.41) is 1.47. The average molecular weight is 351 g/mol. The lowest BCUT2D eigenvalue weighted by Crippen LogP contribution is -1.90. The predicted molar refractivity (Wildman–Crippen MR) is 97.4 cm³/mol. The molecule has 2 heterocycles. The highest BCUT2D eigenvalue weighted by Gasteiger charge is 2.17. The van der Waals surface area contributed by atoms with E-state index in [1.54, 1.807) is 11.8 Å².